The number of rotatable bonds is 0. The van der Waals surface area contributed by atoms with Crippen molar-refractivity contribution in [1.82, 2.24) is 0 Å². The van der Waals surface area contributed by atoms with Gasteiger partial charge >= 0.3 is 12.1 Å². The Bertz CT molecular complexity index is 669. The van der Waals surface area contributed by atoms with Crippen LogP contribution in [0.4, 0.5) is 9.59 Å². The van der Waals surface area contributed by atoms with E-state index in [0.717, 1.165) is 0 Å². The molecule has 22 heavy (non-hydrogen) atoms. The molecule has 8 nitrogen and oxygen atoms in total. The fourth-order valence-electron chi connectivity index (χ4n) is 1.41. The Morgan fingerprint density at radius 1 is 0.818 bits per heavy atom. The minimum absolute atomic E-state index is 0.199. The van der Waals surface area contributed by atoms with Crippen molar-refractivity contribution in [3.05, 3.63) is 45.5 Å². The molecule has 114 valence electrons. The fraction of sp³-hybridized carbons (Fsp3) is 0. The molecule has 0 unspecified atom stereocenters. The molecule has 0 radical (unpaired) electrons. The lowest BCUT2D eigenvalue weighted by molar-refractivity contribution is 0.0987. The molecule has 0 heterocycles. The number of fused-ring (bicyclic) bond motifs is 1. The number of benzene rings is 1. The number of ketones is 2. The summed E-state index contributed by atoms with van der Waals surface area (Å²) in [5.74, 6) is -0.793. The van der Waals surface area contributed by atoms with Gasteiger partial charge in [-0.05, 0) is 0 Å². The SMILES string of the molecule is NC(=O)/N=N/C(N)=O.O=C1C(Cl)=C(Cl)C(=O)c2ccccc21. The largest absolute Gasteiger partial charge is 0.357 e. The summed E-state index contributed by atoms with van der Waals surface area (Å²) in [5, 5.41) is 4.83. The van der Waals surface area contributed by atoms with Crippen LogP contribution < -0.4 is 11.5 Å². The van der Waals surface area contributed by atoms with E-state index >= 15 is 0 Å². The number of nitrogens with zero attached hydrogens (tertiary/aromatic N) is 2. The second kappa shape index (κ2) is 7.43. The molecular weight excluding hydrogens is 335 g/mol. The van der Waals surface area contributed by atoms with Crippen molar-refractivity contribution in [3.8, 4) is 0 Å². The number of primary amides is 2. The molecule has 0 saturated carbocycles. The van der Waals surface area contributed by atoms with Gasteiger partial charge in [-0.25, -0.2) is 9.59 Å². The van der Waals surface area contributed by atoms with Gasteiger partial charge in [-0.15, -0.1) is 0 Å². The third kappa shape index (κ3) is 4.21. The lowest BCUT2D eigenvalue weighted by atomic mass is 9.95. The highest BCUT2D eigenvalue weighted by Crippen LogP contribution is 2.30. The first-order valence-electron chi connectivity index (χ1n) is 5.50. The van der Waals surface area contributed by atoms with E-state index < -0.39 is 23.6 Å². The molecule has 0 aromatic heterocycles. The topological polar surface area (TPSA) is 145 Å². The Balaban J connectivity index is 0.000000261. The molecule has 0 atom stereocenters. The maximum Gasteiger partial charge on any atom is 0.357 e. The van der Waals surface area contributed by atoms with Crippen LogP contribution >= 0.6 is 23.2 Å². The third-order valence-electron chi connectivity index (χ3n) is 2.25. The Morgan fingerprint density at radius 3 is 1.41 bits per heavy atom. The predicted octanol–water partition coefficient (Wildman–Crippen LogP) is 2.35. The quantitative estimate of drug-likeness (QED) is 0.696. The number of amides is 4. The van der Waals surface area contributed by atoms with E-state index in [1.807, 2.05) is 0 Å². The minimum atomic E-state index is -1.04. The average molecular weight is 343 g/mol. The smallest absolute Gasteiger partial charge is 0.348 e. The number of hydrogen-bond acceptors (Lipinski definition) is 4. The number of urea groups is 2. The van der Waals surface area contributed by atoms with E-state index in [9.17, 15) is 19.2 Å². The third-order valence-corrected chi connectivity index (χ3v) is 3.07. The average Bonchev–Trinajstić information content (AvgIpc) is 2.49. The summed E-state index contributed by atoms with van der Waals surface area (Å²) in [6.07, 6.45) is 0. The van der Waals surface area contributed by atoms with Crippen LogP contribution in [0.15, 0.2) is 44.6 Å². The summed E-state index contributed by atoms with van der Waals surface area (Å²) in [6.45, 7) is 0. The van der Waals surface area contributed by atoms with E-state index in [0.29, 0.717) is 11.1 Å². The fourth-order valence-corrected chi connectivity index (χ4v) is 1.79. The first-order chi connectivity index (χ1) is 10.3. The van der Waals surface area contributed by atoms with Gasteiger partial charge in [-0.2, -0.15) is 0 Å². The predicted molar refractivity (Wildman–Crippen MR) is 77.9 cm³/mol. The maximum atomic E-state index is 11.5. The van der Waals surface area contributed by atoms with Gasteiger partial charge in [0.1, 0.15) is 10.1 Å². The summed E-state index contributed by atoms with van der Waals surface area (Å²) in [7, 11) is 0. The normalized spacial score (nSPS) is 13.5. The van der Waals surface area contributed by atoms with E-state index in [-0.39, 0.29) is 10.1 Å². The van der Waals surface area contributed by atoms with Crippen LogP contribution in [0.2, 0.25) is 0 Å². The molecule has 10 heteroatoms. The summed E-state index contributed by atoms with van der Waals surface area (Å²) in [4.78, 5) is 42.4. The lowest BCUT2D eigenvalue weighted by Gasteiger charge is -2.12. The number of carbonyl (C=O) groups is 4. The van der Waals surface area contributed by atoms with Crippen LogP contribution in [0.1, 0.15) is 20.7 Å². The summed E-state index contributed by atoms with van der Waals surface area (Å²) in [6, 6.07) is 4.39. The number of carbonyl (C=O) groups excluding carboxylic acids is 4. The zero-order valence-corrected chi connectivity index (χ0v) is 12.3. The van der Waals surface area contributed by atoms with Crippen molar-refractivity contribution in [2.75, 3.05) is 0 Å². The minimum Gasteiger partial charge on any atom is -0.348 e. The van der Waals surface area contributed by atoms with Crippen molar-refractivity contribution < 1.29 is 19.2 Å². The van der Waals surface area contributed by atoms with Crippen LogP contribution in [0.5, 0.6) is 0 Å². The van der Waals surface area contributed by atoms with Crippen molar-refractivity contribution in [2.45, 2.75) is 0 Å². The van der Waals surface area contributed by atoms with Crippen LogP contribution in [0.25, 0.3) is 0 Å². The molecule has 0 saturated heterocycles. The molecule has 1 aliphatic rings. The van der Waals surface area contributed by atoms with Crippen LogP contribution in [0.3, 0.4) is 0 Å². The van der Waals surface area contributed by atoms with Gasteiger partial charge < -0.3 is 11.5 Å². The van der Waals surface area contributed by atoms with Gasteiger partial charge in [0.25, 0.3) is 0 Å². The van der Waals surface area contributed by atoms with Crippen LogP contribution in [-0.4, -0.2) is 23.6 Å². The van der Waals surface area contributed by atoms with Gasteiger partial charge in [0, 0.05) is 11.1 Å². The molecule has 1 aromatic carbocycles. The molecule has 1 aliphatic carbocycles. The number of nitrogens with two attached hydrogens (primary N) is 2. The summed E-state index contributed by atoms with van der Waals surface area (Å²) >= 11 is 11.2. The molecule has 4 N–H and O–H groups in total. The number of hydrogen-bond donors (Lipinski definition) is 2. The maximum absolute atomic E-state index is 11.5. The van der Waals surface area contributed by atoms with Gasteiger partial charge in [-0.3, -0.25) is 9.59 Å². The zero-order chi connectivity index (χ0) is 16.9. The van der Waals surface area contributed by atoms with Crippen molar-refractivity contribution in [2.24, 2.45) is 21.7 Å². The highest BCUT2D eigenvalue weighted by molar-refractivity contribution is 6.59. The van der Waals surface area contributed by atoms with Crippen molar-refractivity contribution >= 4 is 46.8 Å². The van der Waals surface area contributed by atoms with Gasteiger partial charge in [0.15, 0.2) is 0 Å². The van der Waals surface area contributed by atoms with Crippen molar-refractivity contribution in [1.29, 1.82) is 0 Å². The summed E-state index contributed by atoms with van der Waals surface area (Å²) < 4.78 is 0. The molecule has 0 bridgehead atoms. The molecule has 0 aliphatic heterocycles. The van der Waals surface area contributed by atoms with Gasteiger partial charge in [0.05, 0.1) is 0 Å². The van der Waals surface area contributed by atoms with E-state index in [1.165, 1.54) is 0 Å². The Hall–Kier alpha value is -2.58. The van der Waals surface area contributed by atoms with E-state index in [4.69, 9.17) is 23.2 Å². The molecule has 0 spiro atoms. The monoisotopic (exact) mass is 342 g/mol. The number of allylic oxidation sites excluding steroid dienone is 2. The van der Waals surface area contributed by atoms with Gasteiger partial charge in [-0.1, -0.05) is 57.7 Å². The highest BCUT2D eigenvalue weighted by atomic mass is 35.5. The Kier molecular flexibility index (Phi) is 5.90. The molecule has 1 aromatic rings. The second-order valence-electron chi connectivity index (χ2n) is 3.71. The molecule has 4 amide bonds. The first kappa shape index (κ1) is 17.5. The molecule has 2 rings (SSSR count). The number of halogens is 2. The zero-order valence-electron chi connectivity index (χ0n) is 10.7. The van der Waals surface area contributed by atoms with Gasteiger partial charge in [0.2, 0.25) is 11.6 Å². The second-order valence-corrected chi connectivity index (χ2v) is 4.46. The molecular formula is C12H8Cl2N4O4. The number of azo groups is 1. The first-order valence-corrected chi connectivity index (χ1v) is 6.25. The number of Topliss-reactive ketones (excluding diaryl/α,β-unsaturated/α-hetero) is 2. The van der Waals surface area contributed by atoms with Crippen molar-refractivity contribution in [3.63, 3.8) is 0 Å². The lowest BCUT2D eigenvalue weighted by Crippen LogP contribution is -2.17. The van der Waals surface area contributed by atoms with E-state index in [1.54, 1.807) is 24.3 Å². The standard InChI is InChI=1S/C10H4Cl2O2.C2H4N4O2/c11-7-8(12)10(14)6-4-2-1-3-5(6)9(7)13;3-1(7)5-6-2(4)8/h1-4H;(H2,3,7)(H2,4,8)/b;6-5+. The summed E-state index contributed by atoms with van der Waals surface area (Å²) in [5.41, 5.74) is 9.49. The highest BCUT2D eigenvalue weighted by Gasteiger charge is 2.29. The van der Waals surface area contributed by atoms with Crippen LogP contribution in [-0.2, 0) is 0 Å². The van der Waals surface area contributed by atoms with E-state index in [2.05, 4.69) is 21.7 Å². The Morgan fingerprint density at radius 2 is 1.14 bits per heavy atom. The Labute approximate surface area is 133 Å². The van der Waals surface area contributed by atoms with Crippen LogP contribution in [0, 0.1) is 0 Å². The molecule has 0 fully saturated rings.